The highest BCUT2D eigenvalue weighted by Gasteiger charge is 2.19. The van der Waals surface area contributed by atoms with E-state index < -0.39 is 0 Å². The first-order chi connectivity index (χ1) is 10.0. The molecule has 4 nitrogen and oxygen atoms in total. The van der Waals surface area contributed by atoms with Crippen molar-refractivity contribution in [2.45, 2.75) is 37.7 Å². The monoisotopic (exact) mass is 304 g/mol. The maximum atomic E-state index is 14.0. The zero-order chi connectivity index (χ0) is 15.4. The molecule has 0 aliphatic heterocycles. The molecule has 0 unspecified atom stereocenters. The highest BCUT2D eigenvalue weighted by Crippen LogP contribution is 2.28. The highest BCUT2D eigenvalue weighted by molar-refractivity contribution is 8.00. The largest absolute Gasteiger partial charge is 0.302 e. The fourth-order valence-electron chi connectivity index (χ4n) is 1.93. The zero-order valence-electron chi connectivity index (χ0n) is 12.2. The predicted octanol–water partition coefficient (Wildman–Crippen LogP) is 3.74. The molecule has 0 saturated carbocycles. The minimum atomic E-state index is -0.320. The number of thioether (sulfide) groups is 1. The Morgan fingerprint density at radius 2 is 2.00 bits per heavy atom. The summed E-state index contributed by atoms with van der Waals surface area (Å²) in [6.45, 7) is 6.64. The van der Waals surface area contributed by atoms with E-state index in [0.717, 1.165) is 0 Å². The SMILES string of the molecule is CC(C)Cn1c(S[C@@H](C)C#N)nnc1-c1ccccc1F. The minimum Gasteiger partial charge on any atom is -0.302 e. The fourth-order valence-corrected chi connectivity index (χ4v) is 2.68. The summed E-state index contributed by atoms with van der Waals surface area (Å²) in [7, 11) is 0. The minimum absolute atomic E-state index is 0.228. The van der Waals surface area contributed by atoms with E-state index in [1.807, 2.05) is 11.5 Å². The molecule has 1 atom stereocenters. The van der Waals surface area contributed by atoms with E-state index in [1.165, 1.54) is 17.8 Å². The Kier molecular flexibility index (Phi) is 4.97. The summed E-state index contributed by atoms with van der Waals surface area (Å²) >= 11 is 1.34. The van der Waals surface area contributed by atoms with Gasteiger partial charge in [-0.2, -0.15) is 5.26 Å². The summed E-state index contributed by atoms with van der Waals surface area (Å²) < 4.78 is 15.9. The first kappa shape index (κ1) is 15.5. The molecule has 6 heteroatoms. The van der Waals surface area contributed by atoms with Crippen LogP contribution in [0.2, 0.25) is 0 Å². The molecular weight excluding hydrogens is 287 g/mol. The molecule has 0 saturated heterocycles. The molecule has 1 aromatic carbocycles. The maximum Gasteiger partial charge on any atom is 0.192 e. The average Bonchev–Trinajstić information content (AvgIpc) is 2.81. The summed E-state index contributed by atoms with van der Waals surface area (Å²) in [6, 6.07) is 8.69. The van der Waals surface area contributed by atoms with Crippen LogP contribution in [0.5, 0.6) is 0 Å². The number of aromatic nitrogens is 3. The van der Waals surface area contributed by atoms with Crippen LogP contribution in [0.3, 0.4) is 0 Å². The van der Waals surface area contributed by atoms with Gasteiger partial charge in [-0.3, -0.25) is 0 Å². The second-order valence-corrected chi connectivity index (χ2v) is 6.49. The van der Waals surface area contributed by atoms with Gasteiger partial charge in [-0.15, -0.1) is 10.2 Å². The molecule has 1 aromatic heterocycles. The first-order valence-corrected chi connectivity index (χ1v) is 7.65. The molecule has 2 rings (SSSR count). The number of halogens is 1. The lowest BCUT2D eigenvalue weighted by Gasteiger charge is -2.13. The Hall–Kier alpha value is -1.87. The van der Waals surface area contributed by atoms with Crippen LogP contribution in [0.25, 0.3) is 11.4 Å². The summed E-state index contributed by atoms with van der Waals surface area (Å²) in [5.74, 6) is 0.553. The number of benzene rings is 1. The van der Waals surface area contributed by atoms with Crippen molar-refractivity contribution in [1.29, 1.82) is 5.26 Å². The zero-order valence-corrected chi connectivity index (χ0v) is 13.1. The number of rotatable bonds is 5. The molecule has 0 aliphatic carbocycles. The van der Waals surface area contributed by atoms with Crippen LogP contribution < -0.4 is 0 Å². The summed E-state index contributed by atoms with van der Waals surface area (Å²) in [5, 5.41) is 17.6. The Balaban J connectivity index is 2.47. The van der Waals surface area contributed by atoms with Gasteiger partial charge in [0.1, 0.15) is 5.82 Å². The smallest absolute Gasteiger partial charge is 0.192 e. The van der Waals surface area contributed by atoms with E-state index in [1.54, 1.807) is 18.2 Å². The van der Waals surface area contributed by atoms with Crippen molar-refractivity contribution in [3.05, 3.63) is 30.1 Å². The Labute approximate surface area is 128 Å². The van der Waals surface area contributed by atoms with Crippen molar-refractivity contribution in [2.24, 2.45) is 5.92 Å². The van der Waals surface area contributed by atoms with Gasteiger partial charge in [-0.1, -0.05) is 37.7 Å². The molecule has 0 fully saturated rings. The van der Waals surface area contributed by atoms with Crippen LogP contribution in [0.1, 0.15) is 20.8 Å². The van der Waals surface area contributed by atoms with E-state index in [2.05, 4.69) is 30.1 Å². The summed E-state index contributed by atoms with van der Waals surface area (Å²) in [5.41, 5.74) is 0.433. The van der Waals surface area contributed by atoms with Gasteiger partial charge in [-0.25, -0.2) is 4.39 Å². The van der Waals surface area contributed by atoms with Gasteiger partial charge in [0.05, 0.1) is 16.9 Å². The molecule has 21 heavy (non-hydrogen) atoms. The van der Waals surface area contributed by atoms with Gasteiger partial charge in [0.25, 0.3) is 0 Å². The van der Waals surface area contributed by atoms with Gasteiger partial charge in [0, 0.05) is 6.54 Å². The van der Waals surface area contributed by atoms with Crippen LogP contribution in [0.15, 0.2) is 29.4 Å². The topological polar surface area (TPSA) is 54.5 Å². The Bertz CT molecular complexity index is 660. The van der Waals surface area contributed by atoms with Gasteiger partial charge in [-0.05, 0) is 25.0 Å². The molecule has 1 heterocycles. The van der Waals surface area contributed by atoms with Crippen LogP contribution in [0.4, 0.5) is 4.39 Å². The second kappa shape index (κ2) is 6.72. The molecule has 0 aliphatic rings. The van der Waals surface area contributed by atoms with Crippen LogP contribution in [-0.4, -0.2) is 20.0 Å². The van der Waals surface area contributed by atoms with Gasteiger partial charge < -0.3 is 4.57 Å². The van der Waals surface area contributed by atoms with E-state index >= 15 is 0 Å². The Morgan fingerprint density at radius 1 is 1.29 bits per heavy atom. The fraction of sp³-hybridized carbons (Fsp3) is 0.400. The van der Waals surface area contributed by atoms with Crippen LogP contribution >= 0.6 is 11.8 Å². The molecule has 0 amide bonds. The first-order valence-electron chi connectivity index (χ1n) is 6.77. The number of nitrogens with zero attached hydrogens (tertiary/aromatic N) is 4. The van der Waals surface area contributed by atoms with E-state index in [4.69, 9.17) is 5.26 Å². The lowest BCUT2D eigenvalue weighted by atomic mass is 10.2. The number of nitriles is 1. The standard InChI is InChI=1S/C15H17FN4S/c1-10(2)9-20-14(12-6-4-5-7-13(12)16)18-19-15(20)21-11(3)8-17/h4-7,10-11H,9H2,1-3H3/t11-/m0/s1. The molecule has 110 valence electrons. The quantitative estimate of drug-likeness (QED) is 0.790. The molecular formula is C15H17FN4S. The Morgan fingerprint density at radius 3 is 2.62 bits per heavy atom. The second-order valence-electron chi connectivity index (χ2n) is 5.18. The van der Waals surface area contributed by atoms with Crippen molar-refractivity contribution in [1.82, 2.24) is 14.8 Å². The van der Waals surface area contributed by atoms with Gasteiger partial charge in [0.15, 0.2) is 11.0 Å². The molecule has 2 aromatic rings. The van der Waals surface area contributed by atoms with Crippen LogP contribution in [-0.2, 0) is 6.54 Å². The highest BCUT2D eigenvalue weighted by atomic mass is 32.2. The van der Waals surface area contributed by atoms with Crippen molar-refractivity contribution >= 4 is 11.8 Å². The van der Waals surface area contributed by atoms with E-state index in [9.17, 15) is 4.39 Å². The van der Waals surface area contributed by atoms with E-state index in [-0.39, 0.29) is 11.1 Å². The molecule has 0 spiro atoms. The van der Waals surface area contributed by atoms with Gasteiger partial charge >= 0.3 is 0 Å². The lowest BCUT2D eigenvalue weighted by Crippen LogP contribution is -2.09. The normalized spacial score (nSPS) is 12.4. The maximum absolute atomic E-state index is 14.0. The van der Waals surface area contributed by atoms with Crippen molar-refractivity contribution < 1.29 is 4.39 Å². The molecule has 0 bridgehead atoms. The van der Waals surface area contributed by atoms with Crippen molar-refractivity contribution in [2.75, 3.05) is 0 Å². The summed E-state index contributed by atoms with van der Waals surface area (Å²) in [4.78, 5) is 0. The lowest BCUT2D eigenvalue weighted by molar-refractivity contribution is 0.496. The summed E-state index contributed by atoms with van der Waals surface area (Å²) in [6.07, 6.45) is 0. The van der Waals surface area contributed by atoms with Crippen LogP contribution in [0, 0.1) is 23.1 Å². The molecule has 0 N–H and O–H groups in total. The van der Waals surface area contributed by atoms with Gasteiger partial charge in [0.2, 0.25) is 0 Å². The van der Waals surface area contributed by atoms with Crippen molar-refractivity contribution in [3.8, 4) is 17.5 Å². The average molecular weight is 304 g/mol. The molecule has 0 radical (unpaired) electrons. The number of hydrogen-bond donors (Lipinski definition) is 0. The van der Waals surface area contributed by atoms with Crippen molar-refractivity contribution in [3.63, 3.8) is 0 Å². The number of hydrogen-bond acceptors (Lipinski definition) is 4. The predicted molar refractivity (Wildman–Crippen MR) is 81.2 cm³/mol. The third-order valence-corrected chi connectivity index (χ3v) is 3.82. The van der Waals surface area contributed by atoms with E-state index in [0.29, 0.717) is 29.0 Å². The third kappa shape index (κ3) is 3.61. The third-order valence-electron chi connectivity index (χ3n) is 2.84.